The zero-order valence-electron chi connectivity index (χ0n) is 43.8. The predicted octanol–water partition coefficient (Wildman–Crippen LogP) is 20.0. The van der Waals surface area contributed by atoms with Crippen LogP contribution in [-0.2, 0) is 10.8 Å². The van der Waals surface area contributed by atoms with Gasteiger partial charge in [-0.3, -0.25) is 0 Å². The first-order chi connectivity index (χ1) is 35.8. The SMILES string of the molecule is Cc1cc(C)cc(N(c2ccccc2)c2ccc3c(c2)C(C)(C)c2cc(/C=C/c4ccc(/C=C/c5ccc6c(c5)C(C)(C)c5cc(N(c7ccccc7)c7cc(C)cc(C)c7)ccc5-6)c5ccccc45)ccc2-3)c1. The van der Waals surface area contributed by atoms with Crippen LogP contribution in [0.2, 0.25) is 0 Å². The minimum Gasteiger partial charge on any atom is -0.310 e. The molecule has 0 aliphatic heterocycles. The summed E-state index contributed by atoms with van der Waals surface area (Å²) in [5.41, 5.74) is 27.2. The molecule has 0 bridgehead atoms. The lowest BCUT2D eigenvalue weighted by atomic mass is 9.81. The van der Waals surface area contributed by atoms with Gasteiger partial charge in [-0.25, -0.2) is 0 Å². The number of hydrogen-bond donors (Lipinski definition) is 0. The number of rotatable bonds is 10. The van der Waals surface area contributed by atoms with Crippen LogP contribution < -0.4 is 9.80 Å². The second-order valence-electron chi connectivity index (χ2n) is 21.8. The van der Waals surface area contributed by atoms with Crippen molar-refractivity contribution in [3.8, 4) is 22.3 Å². The fraction of sp³-hybridized carbons (Fsp3) is 0.139. The van der Waals surface area contributed by atoms with E-state index in [1.165, 1.54) is 123 Å². The molecule has 2 aliphatic rings. The fourth-order valence-corrected chi connectivity index (χ4v) is 12.2. The van der Waals surface area contributed by atoms with E-state index in [-0.39, 0.29) is 10.8 Å². The minimum absolute atomic E-state index is 0.177. The van der Waals surface area contributed by atoms with Crippen LogP contribution in [0.15, 0.2) is 206 Å². The molecule has 360 valence electrons. The summed E-state index contributed by atoms with van der Waals surface area (Å²) in [6.45, 7) is 18.2. The number of aryl methyl sites for hydroxylation is 4. The van der Waals surface area contributed by atoms with Crippen LogP contribution in [0, 0.1) is 27.7 Å². The van der Waals surface area contributed by atoms with Gasteiger partial charge in [0.05, 0.1) is 0 Å². The third kappa shape index (κ3) is 8.25. The Morgan fingerprint density at radius 3 is 1.00 bits per heavy atom. The summed E-state index contributed by atoms with van der Waals surface area (Å²) >= 11 is 0. The van der Waals surface area contributed by atoms with Gasteiger partial charge in [-0.2, -0.15) is 0 Å². The van der Waals surface area contributed by atoms with E-state index < -0.39 is 0 Å². The van der Waals surface area contributed by atoms with Gasteiger partial charge < -0.3 is 9.80 Å². The number of nitrogens with zero attached hydrogens (tertiary/aromatic N) is 2. The molecule has 0 N–H and O–H groups in total. The monoisotopic (exact) mass is 954 g/mol. The first-order valence-electron chi connectivity index (χ1n) is 26.1. The third-order valence-electron chi connectivity index (χ3n) is 15.7. The fourth-order valence-electron chi connectivity index (χ4n) is 12.2. The van der Waals surface area contributed by atoms with Crippen LogP contribution in [0.5, 0.6) is 0 Å². The maximum Gasteiger partial charge on any atom is 0.0466 e. The van der Waals surface area contributed by atoms with Gasteiger partial charge in [0.15, 0.2) is 0 Å². The predicted molar refractivity (Wildman–Crippen MR) is 318 cm³/mol. The molecule has 0 saturated carbocycles. The lowest BCUT2D eigenvalue weighted by Gasteiger charge is -2.28. The summed E-state index contributed by atoms with van der Waals surface area (Å²) in [5, 5.41) is 2.48. The highest BCUT2D eigenvalue weighted by Crippen LogP contribution is 2.53. The summed E-state index contributed by atoms with van der Waals surface area (Å²) in [4.78, 5) is 4.79. The lowest BCUT2D eigenvalue weighted by molar-refractivity contribution is 0.660. The summed E-state index contributed by atoms with van der Waals surface area (Å²) < 4.78 is 0. The van der Waals surface area contributed by atoms with Gasteiger partial charge in [0.2, 0.25) is 0 Å². The van der Waals surface area contributed by atoms with Crippen molar-refractivity contribution in [2.45, 2.75) is 66.2 Å². The van der Waals surface area contributed by atoms with Crippen molar-refractivity contribution < 1.29 is 0 Å². The highest BCUT2D eigenvalue weighted by atomic mass is 15.1. The zero-order chi connectivity index (χ0) is 50.9. The van der Waals surface area contributed by atoms with Gasteiger partial charge in [-0.05, 0) is 200 Å². The Kier molecular flexibility index (Phi) is 11.5. The van der Waals surface area contributed by atoms with E-state index in [9.17, 15) is 0 Å². The molecule has 0 amide bonds. The molecule has 0 atom stereocenters. The highest BCUT2D eigenvalue weighted by Gasteiger charge is 2.38. The van der Waals surface area contributed by atoms with Crippen molar-refractivity contribution in [3.63, 3.8) is 0 Å². The number of hydrogen-bond acceptors (Lipinski definition) is 2. The van der Waals surface area contributed by atoms with Crippen LogP contribution in [0.3, 0.4) is 0 Å². The summed E-state index contributed by atoms with van der Waals surface area (Å²) in [7, 11) is 0. The molecule has 0 saturated heterocycles. The molecular weight excluding hydrogens is 893 g/mol. The van der Waals surface area contributed by atoms with Crippen molar-refractivity contribution in [3.05, 3.63) is 273 Å². The number of anilines is 6. The first kappa shape index (κ1) is 46.6. The summed E-state index contributed by atoms with van der Waals surface area (Å²) in [6.07, 6.45) is 9.16. The Balaban J connectivity index is 0.808. The average molecular weight is 955 g/mol. The Hall–Kier alpha value is -8.46. The molecule has 0 unspecified atom stereocenters. The maximum absolute atomic E-state index is 2.42. The average Bonchev–Trinajstić information content (AvgIpc) is 3.76. The van der Waals surface area contributed by atoms with E-state index >= 15 is 0 Å². The van der Waals surface area contributed by atoms with Crippen molar-refractivity contribution >= 4 is 69.2 Å². The number of para-hydroxylation sites is 2. The molecule has 2 heteroatoms. The molecule has 74 heavy (non-hydrogen) atoms. The largest absolute Gasteiger partial charge is 0.310 e. The van der Waals surface area contributed by atoms with Crippen molar-refractivity contribution in [1.82, 2.24) is 0 Å². The molecule has 2 aliphatic carbocycles. The Labute approximate surface area is 438 Å². The van der Waals surface area contributed by atoms with Crippen LogP contribution in [0.4, 0.5) is 34.1 Å². The molecular formula is C72H62N2. The van der Waals surface area contributed by atoms with E-state index in [4.69, 9.17) is 0 Å². The summed E-state index contributed by atoms with van der Waals surface area (Å²) in [6, 6.07) is 76.6. The highest BCUT2D eigenvalue weighted by molar-refractivity contribution is 5.99. The second kappa shape index (κ2) is 18.2. The molecule has 10 aromatic carbocycles. The molecule has 0 radical (unpaired) electrons. The lowest BCUT2D eigenvalue weighted by Crippen LogP contribution is -2.16. The normalized spacial score (nSPS) is 13.8. The molecule has 12 rings (SSSR count). The van der Waals surface area contributed by atoms with Crippen LogP contribution in [0.25, 0.3) is 57.3 Å². The van der Waals surface area contributed by atoms with Gasteiger partial charge in [-0.15, -0.1) is 0 Å². The topological polar surface area (TPSA) is 6.48 Å². The molecule has 10 aromatic rings. The Morgan fingerprint density at radius 1 is 0.284 bits per heavy atom. The smallest absolute Gasteiger partial charge is 0.0466 e. The molecule has 0 aromatic heterocycles. The van der Waals surface area contributed by atoms with Crippen LogP contribution >= 0.6 is 0 Å². The zero-order valence-corrected chi connectivity index (χ0v) is 43.8. The van der Waals surface area contributed by atoms with Gasteiger partial charge in [0.1, 0.15) is 0 Å². The van der Waals surface area contributed by atoms with E-state index in [1.54, 1.807) is 0 Å². The van der Waals surface area contributed by atoms with Crippen molar-refractivity contribution in [1.29, 1.82) is 0 Å². The Morgan fingerprint density at radius 2 is 0.622 bits per heavy atom. The van der Waals surface area contributed by atoms with Gasteiger partial charge >= 0.3 is 0 Å². The molecule has 0 fully saturated rings. The van der Waals surface area contributed by atoms with Gasteiger partial charge in [-0.1, -0.05) is 185 Å². The first-order valence-corrected chi connectivity index (χ1v) is 26.1. The van der Waals surface area contributed by atoms with E-state index in [2.05, 4.69) is 296 Å². The number of benzene rings is 10. The summed E-state index contributed by atoms with van der Waals surface area (Å²) in [5.74, 6) is 0. The standard InChI is InChI=1S/C72H62N2/c1-47-37-48(2)40-59(39-47)73(55-17-11-9-12-18-55)57-31-35-65-63-33-25-51(43-67(63)71(5,6)69(65)45-57)23-27-53-29-30-54(62-22-16-15-21-61(53)62)28-24-52-26-34-64-66-36-32-58(46-70(66)72(7,8)68(64)44-52)74(56-19-13-10-14-20-56)60-41-49(3)38-50(4)42-60/h9-46H,1-8H3/b27-23+,28-24+. The van der Waals surface area contributed by atoms with Crippen LogP contribution in [-0.4, -0.2) is 0 Å². The minimum atomic E-state index is -0.177. The quantitative estimate of drug-likeness (QED) is 0.126. The second-order valence-corrected chi connectivity index (χ2v) is 21.8. The van der Waals surface area contributed by atoms with Crippen molar-refractivity contribution in [2.75, 3.05) is 9.80 Å². The molecule has 2 nitrogen and oxygen atoms in total. The Bertz CT molecular complexity index is 3590. The van der Waals surface area contributed by atoms with E-state index in [1.807, 2.05) is 0 Å². The molecule has 0 heterocycles. The molecule has 0 spiro atoms. The van der Waals surface area contributed by atoms with Gasteiger partial charge in [0, 0.05) is 45.0 Å². The van der Waals surface area contributed by atoms with Gasteiger partial charge in [0.25, 0.3) is 0 Å². The number of fused-ring (bicyclic) bond motifs is 7. The van der Waals surface area contributed by atoms with E-state index in [0.717, 1.165) is 11.4 Å². The van der Waals surface area contributed by atoms with E-state index in [0.29, 0.717) is 0 Å². The van der Waals surface area contributed by atoms with Crippen molar-refractivity contribution in [2.24, 2.45) is 0 Å². The van der Waals surface area contributed by atoms with Crippen LogP contribution in [0.1, 0.15) is 94.5 Å². The third-order valence-corrected chi connectivity index (χ3v) is 15.7. The maximum atomic E-state index is 2.42.